The Morgan fingerprint density at radius 3 is 2.52 bits per heavy atom. The van der Waals surface area contributed by atoms with Crippen LogP contribution < -0.4 is 10.1 Å². The lowest BCUT2D eigenvalue weighted by Crippen LogP contribution is -2.30. The van der Waals surface area contributed by atoms with Crippen LogP contribution in [-0.2, 0) is 4.79 Å². The van der Waals surface area contributed by atoms with Crippen molar-refractivity contribution in [2.75, 3.05) is 5.75 Å². The Labute approximate surface area is 185 Å². The topological polar surface area (TPSA) is 77.2 Å². The number of hydrogen-bond donors (Lipinski definition) is 1. The van der Waals surface area contributed by atoms with Gasteiger partial charge in [0.15, 0.2) is 17.7 Å². The minimum absolute atomic E-state index is 0.0539. The van der Waals surface area contributed by atoms with Crippen molar-refractivity contribution in [2.45, 2.75) is 44.6 Å². The van der Waals surface area contributed by atoms with Gasteiger partial charge in [-0.2, -0.15) is 0 Å². The molecule has 1 amide bonds. The van der Waals surface area contributed by atoms with Crippen LogP contribution in [0, 0.1) is 11.7 Å². The Bertz CT molecular complexity index is 981. The number of rotatable bonds is 10. The summed E-state index contributed by atoms with van der Waals surface area (Å²) in [6.45, 7) is 5.94. The maximum Gasteiger partial charge on any atom is 0.277 e. The molecule has 2 atom stereocenters. The molecule has 6 nitrogen and oxygen atoms in total. The van der Waals surface area contributed by atoms with Gasteiger partial charge in [0.2, 0.25) is 5.91 Å². The van der Waals surface area contributed by atoms with Crippen LogP contribution >= 0.6 is 11.8 Å². The first-order valence-electron chi connectivity index (χ1n) is 10.1. The molecule has 0 aliphatic heterocycles. The number of carbonyl (C=O) groups excluding carboxylic acids is 1. The molecule has 1 aromatic heterocycles. The van der Waals surface area contributed by atoms with Crippen LogP contribution in [0.4, 0.5) is 4.39 Å². The fourth-order valence-electron chi connectivity index (χ4n) is 3.02. The molecule has 0 bridgehead atoms. The monoisotopic (exact) mass is 443 g/mol. The maximum atomic E-state index is 13.7. The third kappa shape index (κ3) is 6.82. The molecule has 1 heterocycles. The van der Waals surface area contributed by atoms with E-state index in [1.54, 1.807) is 19.1 Å². The molecule has 0 saturated heterocycles. The third-order valence-corrected chi connectivity index (χ3v) is 5.30. The van der Waals surface area contributed by atoms with Gasteiger partial charge < -0.3 is 14.5 Å². The number of carbonyl (C=O) groups is 1. The second-order valence-electron chi connectivity index (χ2n) is 7.55. The first-order chi connectivity index (χ1) is 14.9. The van der Waals surface area contributed by atoms with E-state index in [1.807, 2.05) is 30.3 Å². The Kier molecular flexibility index (Phi) is 8.06. The molecule has 2 unspecified atom stereocenters. The van der Waals surface area contributed by atoms with Gasteiger partial charge in [0.1, 0.15) is 0 Å². The summed E-state index contributed by atoms with van der Waals surface area (Å²) in [4.78, 5) is 12.5. The average Bonchev–Trinajstić information content (AvgIpc) is 3.23. The first-order valence-corrected chi connectivity index (χ1v) is 11.1. The fourth-order valence-corrected chi connectivity index (χ4v) is 3.60. The molecule has 0 aliphatic carbocycles. The van der Waals surface area contributed by atoms with Gasteiger partial charge >= 0.3 is 0 Å². The van der Waals surface area contributed by atoms with Gasteiger partial charge in [0.25, 0.3) is 11.1 Å². The van der Waals surface area contributed by atoms with Gasteiger partial charge in [-0.25, -0.2) is 4.39 Å². The molecular weight excluding hydrogens is 417 g/mol. The van der Waals surface area contributed by atoms with Crippen LogP contribution in [0.3, 0.4) is 0 Å². The number of halogens is 1. The largest absolute Gasteiger partial charge is 0.478 e. The minimum Gasteiger partial charge on any atom is -0.478 e. The van der Waals surface area contributed by atoms with Crippen LogP contribution in [-0.4, -0.2) is 21.9 Å². The Hall–Kier alpha value is -2.87. The van der Waals surface area contributed by atoms with Crippen molar-refractivity contribution < 1.29 is 18.3 Å². The first kappa shape index (κ1) is 22.8. The predicted molar refractivity (Wildman–Crippen MR) is 117 cm³/mol. The van der Waals surface area contributed by atoms with Crippen molar-refractivity contribution in [3.05, 3.63) is 71.9 Å². The van der Waals surface area contributed by atoms with Crippen molar-refractivity contribution in [2.24, 2.45) is 5.92 Å². The summed E-state index contributed by atoms with van der Waals surface area (Å²) in [6, 6.07) is 16.0. The number of benzene rings is 2. The highest BCUT2D eigenvalue weighted by molar-refractivity contribution is 7.99. The molecule has 0 radical (unpaired) electrons. The molecule has 0 saturated carbocycles. The van der Waals surface area contributed by atoms with Gasteiger partial charge in [0.05, 0.1) is 11.8 Å². The van der Waals surface area contributed by atoms with Crippen molar-refractivity contribution in [3.8, 4) is 5.75 Å². The summed E-state index contributed by atoms with van der Waals surface area (Å²) >= 11 is 1.15. The standard InChI is InChI=1S/C23H26FN3O3S/c1-15(2)13-19(17-9-5-4-6-10-17)25-21(28)14-31-23-27-26-22(30-23)16(3)29-20-12-8-7-11-18(20)24/h4-12,15-16,19H,13-14H2,1-3H3,(H,25,28). The maximum absolute atomic E-state index is 13.7. The number of amides is 1. The second kappa shape index (κ2) is 10.9. The molecule has 31 heavy (non-hydrogen) atoms. The number of aromatic nitrogens is 2. The van der Waals surface area contributed by atoms with Crippen LogP contribution in [0.15, 0.2) is 64.2 Å². The lowest BCUT2D eigenvalue weighted by atomic mass is 9.97. The molecule has 1 N–H and O–H groups in total. The molecule has 8 heteroatoms. The molecule has 0 spiro atoms. The zero-order valence-electron chi connectivity index (χ0n) is 17.7. The number of nitrogens with zero attached hydrogens (tertiary/aromatic N) is 2. The Morgan fingerprint density at radius 2 is 1.81 bits per heavy atom. The third-order valence-electron chi connectivity index (χ3n) is 4.48. The summed E-state index contributed by atoms with van der Waals surface area (Å²) in [5.74, 6) is 0.329. The average molecular weight is 444 g/mol. The number of nitrogens with one attached hydrogen (secondary N) is 1. The Morgan fingerprint density at radius 1 is 1.10 bits per heavy atom. The van der Waals surface area contributed by atoms with Crippen LogP contribution in [0.5, 0.6) is 5.75 Å². The van der Waals surface area contributed by atoms with Crippen LogP contribution in [0.25, 0.3) is 0 Å². The highest BCUT2D eigenvalue weighted by atomic mass is 32.2. The normalized spacial score (nSPS) is 13.1. The summed E-state index contributed by atoms with van der Waals surface area (Å²) in [7, 11) is 0. The van der Waals surface area contributed by atoms with Gasteiger partial charge in [-0.3, -0.25) is 4.79 Å². The molecule has 164 valence electrons. The van der Waals surface area contributed by atoms with E-state index >= 15 is 0 Å². The number of ether oxygens (including phenoxy) is 1. The molecular formula is C23H26FN3O3S. The number of hydrogen-bond acceptors (Lipinski definition) is 6. The molecule has 2 aromatic carbocycles. The van der Waals surface area contributed by atoms with E-state index in [9.17, 15) is 9.18 Å². The van der Waals surface area contributed by atoms with E-state index in [1.165, 1.54) is 12.1 Å². The number of thioether (sulfide) groups is 1. The predicted octanol–water partition coefficient (Wildman–Crippen LogP) is 5.34. The summed E-state index contributed by atoms with van der Waals surface area (Å²) < 4.78 is 24.9. The van der Waals surface area contributed by atoms with E-state index in [0.29, 0.717) is 5.92 Å². The lowest BCUT2D eigenvalue weighted by Gasteiger charge is -2.21. The summed E-state index contributed by atoms with van der Waals surface area (Å²) in [6.07, 6.45) is 0.219. The SMILES string of the molecule is CC(C)CC(NC(=O)CSc1nnc(C(C)Oc2ccccc2F)o1)c1ccccc1. The molecule has 0 aliphatic rings. The van der Waals surface area contributed by atoms with Crippen molar-refractivity contribution in [3.63, 3.8) is 0 Å². The highest BCUT2D eigenvalue weighted by Crippen LogP contribution is 2.26. The van der Waals surface area contributed by atoms with E-state index in [4.69, 9.17) is 9.15 Å². The van der Waals surface area contributed by atoms with Crippen molar-refractivity contribution >= 4 is 17.7 Å². The van der Waals surface area contributed by atoms with Crippen LogP contribution in [0.2, 0.25) is 0 Å². The zero-order chi connectivity index (χ0) is 22.2. The molecule has 3 rings (SSSR count). The lowest BCUT2D eigenvalue weighted by molar-refractivity contribution is -0.119. The van der Waals surface area contributed by atoms with E-state index in [-0.39, 0.29) is 34.6 Å². The van der Waals surface area contributed by atoms with Gasteiger partial charge in [-0.15, -0.1) is 10.2 Å². The highest BCUT2D eigenvalue weighted by Gasteiger charge is 2.20. The quantitative estimate of drug-likeness (QED) is 0.426. The van der Waals surface area contributed by atoms with Gasteiger partial charge in [0, 0.05) is 0 Å². The van der Waals surface area contributed by atoms with E-state index in [2.05, 4.69) is 29.4 Å². The fraction of sp³-hybridized carbons (Fsp3) is 0.348. The van der Waals surface area contributed by atoms with E-state index in [0.717, 1.165) is 23.7 Å². The Balaban J connectivity index is 1.54. The van der Waals surface area contributed by atoms with Gasteiger partial charge in [-0.05, 0) is 37.0 Å². The van der Waals surface area contributed by atoms with Crippen molar-refractivity contribution in [1.82, 2.24) is 15.5 Å². The van der Waals surface area contributed by atoms with Crippen LogP contribution in [0.1, 0.15) is 50.8 Å². The minimum atomic E-state index is -0.624. The summed E-state index contributed by atoms with van der Waals surface area (Å²) in [5, 5.41) is 11.2. The smallest absolute Gasteiger partial charge is 0.277 e. The molecule has 3 aromatic rings. The zero-order valence-corrected chi connectivity index (χ0v) is 18.6. The number of para-hydroxylation sites is 1. The second-order valence-corrected chi connectivity index (χ2v) is 8.47. The summed E-state index contributed by atoms with van der Waals surface area (Å²) in [5.41, 5.74) is 1.08. The molecule has 0 fully saturated rings. The van der Waals surface area contributed by atoms with Crippen molar-refractivity contribution in [1.29, 1.82) is 0 Å². The van der Waals surface area contributed by atoms with E-state index < -0.39 is 11.9 Å². The van der Waals surface area contributed by atoms with Gasteiger partial charge in [-0.1, -0.05) is 68.1 Å².